The zero-order valence-electron chi connectivity index (χ0n) is 14.2. The van der Waals surface area contributed by atoms with Crippen LogP contribution in [-0.2, 0) is 0 Å². The minimum absolute atomic E-state index is 0.645. The number of rotatable bonds is 3. The molecule has 0 aliphatic carbocycles. The molecule has 0 heterocycles. The molecule has 0 radical (unpaired) electrons. The fraction of sp³-hybridized carbons (Fsp3) is 0.182. The number of hydrogen-bond donors (Lipinski definition) is 1. The SMILES string of the molecule is Cc1cc(C)c(C(O)c2ccccc2-c2ccccc2Br)c(C)c1. The maximum Gasteiger partial charge on any atom is 0.105 e. The number of aliphatic hydroxyl groups excluding tert-OH is 1. The van der Waals surface area contributed by atoms with Gasteiger partial charge in [-0.1, -0.05) is 76.1 Å². The molecule has 0 amide bonds. The Balaban J connectivity index is 2.17. The van der Waals surface area contributed by atoms with E-state index in [2.05, 4.69) is 61.0 Å². The molecule has 1 nitrogen and oxygen atoms in total. The molecule has 1 atom stereocenters. The zero-order chi connectivity index (χ0) is 17.3. The van der Waals surface area contributed by atoms with E-state index in [0.29, 0.717) is 0 Å². The summed E-state index contributed by atoms with van der Waals surface area (Å²) in [4.78, 5) is 0. The molecule has 0 fully saturated rings. The van der Waals surface area contributed by atoms with Crippen LogP contribution in [0.4, 0.5) is 0 Å². The van der Waals surface area contributed by atoms with Crippen LogP contribution < -0.4 is 0 Å². The van der Waals surface area contributed by atoms with E-state index in [1.54, 1.807) is 0 Å². The van der Waals surface area contributed by atoms with Gasteiger partial charge in [0.1, 0.15) is 6.10 Å². The van der Waals surface area contributed by atoms with Gasteiger partial charge in [0.15, 0.2) is 0 Å². The lowest BCUT2D eigenvalue weighted by Gasteiger charge is -2.21. The van der Waals surface area contributed by atoms with Gasteiger partial charge in [-0.05, 0) is 60.2 Å². The van der Waals surface area contributed by atoms with Crippen LogP contribution >= 0.6 is 15.9 Å². The molecule has 3 aromatic rings. The Morgan fingerprint density at radius 3 is 1.96 bits per heavy atom. The van der Waals surface area contributed by atoms with Crippen LogP contribution in [-0.4, -0.2) is 5.11 Å². The molecule has 0 saturated heterocycles. The first-order valence-corrected chi connectivity index (χ1v) is 8.88. The van der Waals surface area contributed by atoms with Gasteiger partial charge in [0.25, 0.3) is 0 Å². The second kappa shape index (κ2) is 6.92. The summed E-state index contributed by atoms with van der Waals surface area (Å²) in [6.07, 6.45) is -0.645. The highest BCUT2D eigenvalue weighted by molar-refractivity contribution is 9.10. The summed E-state index contributed by atoms with van der Waals surface area (Å²) in [7, 11) is 0. The molecule has 0 saturated carbocycles. The van der Waals surface area contributed by atoms with Gasteiger partial charge in [0.2, 0.25) is 0 Å². The van der Waals surface area contributed by atoms with Gasteiger partial charge in [-0.2, -0.15) is 0 Å². The van der Waals surface area contributed by atoms with E-state index >= 15 is 0 Å². The highest BCUT2D eigenvalue weighted by Gasteiger charge is 2.20. The van der Waals surface area contributed by atoms with Crippen LogP contribution in [0.3, 0.4) is 0 Å². The van der Waals surface area contributed by atoms with Crippen LogP contribution in [0.1, 0.15) is 33.9 Å². The Hall–Kier alpha value is -1.90. The smallest absolute Gasteiger partial charge is 0.105 e. The normalized spacial score (nSPS) is 12.2. The average Bonchev–Trinajstić information content (AvgIpc) is 2.54. The molecular formula is C22H21BrO. The van der Waals surface area contributed by atoms with Crippen LogP contribution in [0.5, 0.6) is 0 Å². The first kappa shape index (κ1) is 16.9. The van der Waals surface area contributed by atoms with E-state index in [9.17, 15) is 5.11 Å². The standard InChI is InChI=1S/C22H21BrO/c1-14-12-15(2)21(16(3)13-14)22(24)19-10-5-4-8-17(19)18-9-6-7-11-20(18)23/h4-13,22,24H,1-3H3. The van der Waals surface area contributed by atoms with Gasteiger partial charge in [0, 0.05) is 4.47 Å². The Kier molecular flexibility index (Phi) is 4.88. The molecule has 1 unspecified atom stereocenters. The van der Waals surface area contributed by atoms with Crippen molar-refractivity contribution >= 4 is 15.9 Å². The van der Waals surface area contributed by atoms with Gasteiger partial charge in [-0.15, -0.1) is 0 Å². The van der Waals surface area contributed by atoms with E-state index in [4.69, 9.17) is 0 Å². The van der Waals surface area contributed by atoms with Crippen molar-refractivity contribution < 1.29 is 5.11 Å². The summed E-state index contributed by atoms with van der Waals surface area (Å²) in [5.74, 6) is 0. The van der Waals surface area contributed by atoms with Crippen LogP contribution in [0.2, 0.25) is 0 Å². The molecule has 3 aromatic carbocycles. The molecule has 2 heteroatoms. The lowest BCUT2D eigenvalue weighted by Crippen LogP contribution is -2.06. The van der Waals surface area contributed by atoms with Crippen LogP contribution in [0.25, 0.3) is 11.1 Å². The minimum Gasteiger partial charge on any atom is -0.384 e. The molecule has 1 N–H and O–H groups in total. The summed E-state index contributed by atoms with van der Waals surface area (Å²) in [6.45, 7) is 6.23. The summed E-state index contributed by atoms with van der Waals surface area (Å²) in [5.41, 5.74) is 7.55. The van der Waals surface area contributed by atoms with Crippen molar-refractivity contribution in [3.8, 4) is 11.1 Å². The topological polar surface area (TPSA) is 20.2 Å². The van der Waals surface area contributed by atoms with Gasteiger partial charge in [0.05, 0.1) is 0 Å². The first-order chi connectivity index (χ1) is 11.5. The third kappa shape index (κ3) is 3.17. The van der Waals surface area contributed by atoms with Crippen molar-refractivity contribution in [2.75, 3.05) is 0 Å². The van der Waals surface area contributed by atoms with Gasteiger partial charge >= 0.3 is 0 Å². The highest BCUT2D eigenvalue weighted by atomic mass is 79.9. The van der Waals surface area contributed by atoms with Crippen molar-refractivity contribution in [2.24, 2.45) is 0 Å². The van der Waals surface area contributed by atoms with E-state index in [0.717, 1.165) is 37.9 Å². The van der Waals surface area contributed by atoms with Crippen molar-refractivity contribution in [1.29, 1.82) is 0 Å². The number of aliphatic hydroxyl groups is 1. The predicted molar refractivity (Wildman–Crippen MR) is 104 cm³/mol. The quantitative estimate of drug-likeness (QED) is 0.579. The molecule has 24 heavy (non-hydrogen) atoms. The van der Waals surface area contributed by atoms with E-state index < -0.39 is 6.10 Å². The second-order valence-corrected chi connectivity index (χ2v) is 7.14. The molecule has 0 bridgehead atoms. The summed E-state index contributed by atoms with van der Waals surface area (Å²) < 4.78 is 1.03. The van der Waals surface area contributed by atoms with Gasteiger partial charge in [-0.25, -0.2) is 0 Å². The predicted octanol–water partition coefficient (Wildman–Crippen LogP) is 6.12. The van der Waals surface area contributed by atoms with Crippen molar-refractivity contribution in [3.05, 3.63) is 93.0 Å². The second-order valence-electron chi connectivity index (χ2n) is 6.28. The van der Waals surface area contributed by atoms with Crippen molar-refractivity contribution in [2.45, 2.75) is 26.9 Å². The number of benzene rings is 3. The van der Waals surface area contributed by atoms with Crippen molar-refractivity contribution in [1.82, 2.24) is 0 Å². The van der Waals surface area contributed by atoms with E-state index in [1.807, 2.05) is 36.4 Å². The first-order valence-electron chi connectivity index (χ1n) is 8.08. The minimum atomic E-state index is -0.645. The van der Waals surface area contributed by atoms with Gasteiger partial charge < -0.3 is 5.11 Å². The summed E-state index contributed by atoms with van der Waals surface area (Å²) in [5, 5.41) is 11.2. The Morgan fingerprint density at radius 1 is 0.792 bits per heavy atom. The third-order valence-electron chi connectivity index (χ3n) is 4.43. The van der Waals surface area contributed by atoms with E-state index in [1.165, 1.54) is 5.56 Å². The summed E-state index contributed by atoms with van der Waals surface area (Å²) >= 11 is 3.63. The Bertz CT molecular complexity index is 860. The summed E-state index contributed by atoms with van der Waals surface area (Å²) in [6, 6.07) is 20.5. The van der Waals surface area contributed by atoms with Gasteiger partial charge in [-0.3, -0.25) is 0 Å². The maximum absolute atomic E-state index is 11.2. The number of halogens is 1. The molecule has 0 aromatic heterocycles. The lowest BCUT2D eigenvalue weighted by atomic mass is 9.88. The molecular weight excluding hydrogens is 360 g/mol. The fourth-order valence-corrected chi connectivity index (χ4v) is 3.94. The van der Waals surface area contributed by atoms with Crippen LogP contribution in [0.15, 0.2) is 65.1 Å². The Morgan fingerprint density at radius 2 is 1.33 bits per heavy atom. The largest absolute Gasteiger partial charge is 0.384 e. The lowest BCUT2D eigenvalue weighted by molar-refractivity contribution is 0.219. The van der Waals surface area contributed by atoms with E-state index in [-0.39, 0.29) is 0 Å². The molecule has 0 aliphatic rings. The number of aryl methyl sites for hydroxylation is 3. The third-order valence-corrected chi connectivity index (χ3v) is 5.12. The molecule has 0 spiro atoms. The van der Waals surface area contributed by atoms with Crippen LogP contribution in [0, 0.1) is 20.8 Å². The highest BCUT2D eigenvalue weighted by Crippen LogP contribution is 2.37. The average molecular weight is 381 g/mol. The molecule has 122 valence electrons. The molecule has 3 rings (SSSR count). The maximum atomic E-state index is 11.2. The Labute approximate surface area is 152 Å². The molecule has 0 aliphatic heterocycles. The number of hydrogen-bond acceptors (Lipinski definition) is 1. The fourth-order valence-electron chi connectivity index (χ4n) is 3.44. The zero-order valence-corrected chi connectivity index (χ0v) is 15.8. The van der Waals surface area contributed by atoms with Crippen molar-refractivity contribution in [3.63, 3.8) is 0 Å². The monoisotopic (exact) mass is 380 g/mol.